The van der Waals surface area contributed by atoms with E-state index in [9.17, 15) is 10.1 Å². The molecule has 0 unspecified atom stereocenters. The molecule has 0 radical (unpaired) electrons. The van der Waals surface area contributed by atoms with Crippen molar-refractivity contribution in [2.24, 2.45) is 0 Å². The molecule has 1 aromatic rings. The van der Waals surface area contributed by atoms with E-state index in [1.54, 1.807) is 18.2 Å². The minimum absolute atomic E-state index is 0.00528. The van der Waals surface area contributed by atoms with Crippen molar-refractivity contribution in [1.29, 1.82) is 0 Å². The van der Waals surface area contributed by atoms with Gasteiger partial charge in [0.25, 0.3) is 5.69 Å². The van der Waals surface area contributed by atoms with Crippen molar-refractivity contribution in [3.8, 4) is 0 Å². The van der Waals surface area contributed by atoms with Gasteiger partial charge in [0.1, 0.15) is 4.49 Å². The van der Waals surface area contributed by atoms with Crippen LogP contribution >= 0.6 is 23.2 Å². The molecule has 3 nitrogen and oxygen atoms in total. The maximum absolute atomic E-state index is 10.5. The highest BCUT2D eigenvalue weighted by atomic mass is 35.5. The zero-order valence-electron chi connectivity index (χ0n) is 6.41. The third-order valence-electron chi connectivity index (χ3n) is 1.40. The molecular weight excluding hydrogens is 213 g/mol. The predicted molar refractivity (Wildman–Crippen MR) is 52.8 cm³/mol. The Labute approximate surface area is 84.7 Å². The SMILES string of the molecule is O=[N+]([O-])c1ccccc1C=C(Cl)Cl. The first-order chi connectivity index (χ1) is 6.11. The van der Waals surface area contributed by atoms with Crippen molar-refractivity contribution in [2.75, 3.05) is 0 Å². The zero-order chi connectivity index (χ0) is 9.84. The van der Waals surface area contributed by atoms with Crippen molar-refractivity contribution in [3.05, 3.63) is 44.4 Å². The molecule has 0 N–H and O–H groups in total. The van der Waals surface area contributed by atoms with E-state index >= 15 is 0 Å². The Bertz CT molecular complexity index is 359. The van der Waals surface area contributed by atoms with Gasteiger partial charge < -0.3 is 0 Å². The third-order valence-corrected chi connectivity index (χ3v) is 1.62. The van der Waals surface area contributed by atoms with Gasteiger partial charge in [0.05, 0.1) is 10.5 Å². The Kier molecular flexibility index (Phi) is 3.28. The zero-order valence-corrected chi connectivity index (χ0v) is 7.92. The van der Waals surface area contributed by atoms with Crippen LogP contribution in [0.3, 0.4) is 0 Å². The van der Waals surface area contributed by atoms with Crippen LogP contribution in [0, 0.1) is 10.1 Å². The lowest BCUT2D eigenvalue weighted by Gasteiger charge is -1.95. The van der Waals surface area contributed by atoms with Crippen LogP contribution < -0.4 is 0 Å². The first-order valence-corrected chi connectivity index (χ1v) is 4.13. The third kappa shape index (κ3) is 2.72. The molecule has 0 saturated carbocycles. The maximum atomic E-state index is 10.5. The molecular formula is C8H5Cl2NO2. The average molecular weight is 218 g/mol. The van der Waals surface area contributed by atoms with E-state index < -0.39 is 4.92 Å². The normalized spacial score (nSPS) is 9.38. The first-order valence-electron chi connectivity index (χ1n) is 3.37. The molecule has 1 rings (SSSR count). The number of nitro groups is 1. The number of nitro benzene ring substituents is 1. The molecule has 0 aliphatic heterocycles. The summed E-state index contributed by atoms with van der Waals surface area (Å²) in [4.78, 5) is 10.0. The molecule has 68 valence electrons. The molecule has 1 aromatic carbocycles. The smallest absolute Gasteiger partial charge is 0.258 e. The number of rotatable bonds is 2. The van der Waals surface area contributed by atoms with Gasteiger partial charge in [-0.25, -0.2) is 0 Å². The lowest BCUT2D eigenvalue weighted by molar-refractivity contribution is -0.385. The van der Waals surface area contributed by atoms with Gasteiger partial charge in [0.2, 0.25) is 0 Å². The Balaban J connectivity index is 3.20. The second-order valence-electron chi connectivity index (χ2n) is 2.25. The van der Waals surface area contributed by atoms with Gasteiger partial charge >= 0.3 is 0 Å². The van der Waals surface area contributed by atoms with Crippen LogP contribution in [0.1, 0.15) is 5.56 Å². The van der Waals surface area contributed by atoms with E-state index in [1.165, 1.54) is 12.1 Å². The number of nitrogens with zero attached hydrogens (tertiary/aromatic N) is 1. The Morgan fingerprint density at radius 2 is 2.00 bits per heavy atom. The minimum atomic E-state index is -0.484. The van der Waals surface area contributed by atoms with Crippen LogP contribution in [0.4, 0.5) is 5.69 Å². The second kappa shape index (κ2) is 4.25. The molecule has 0 aromatic heterocycles. The van der Waals surface area contributed by atoms with Gasteiger partial charge in [-0.1, -0.05) is 35.3 Å². The summed E-state index contributed by atoms with van der Waals surface area (Å²) >= 11 is 10.8. The number of benzene rings is 1. The van der Waals surface area contributed by atoms with Crippen molar-refractivity contribution in [3.63, 3.8) is 0 Å². The highest BCUT2D eigenvalue weighted by molar-refractivity contribution is 6.57. The molecule has 0 spiro atoms. The van der Waals surface area contributed by atoms with Crippen LogP contribution in [0.15, 0.2) is 28.8 Å². The summed E-state index contributed by atoms with van der Waals surface area (Å²) in [6.45, 7) is 0. The molecule has 0 bridgehead atoms. The van der Waals surface area contributed by atoms with Gasteiger partial charge in [0, 0.05) is 6.07 Å². The molecule has 5 heteroatoms. The summed E-state index contributed by atoms with van der Waals surface area (Å²) in [6, 6.07) is 6.22. The number of halogens is 2. The highest BCUT2D eigenvalue weighted by Crippen LogP contribution is 2.22. The number of para-hydroxylation sites is 1. The fourth-order valence-electron chi connectivity index (χ4n) is 0.893. The molecule has 0 heterocycles. The van der Waals surface area contributed by atoms with Crippen LogP contribution in [-0.2, 0) is 0 Å². The summed E-state index contributed by atoms with van der Waals surface area (Å²) in [5.41, 5.74) is 0.383. The average Bonchev–Trinajstić information content (AvgIpc) is 2.03. The summed E-state index contributed by atoms with van der Waals surface area (Å²) in [6.07, 6.45) is 1.33. The quantitative estimate of drug-likeness (QED) is 0.564. The monoisotopic (exact) mass is 217 g/mol. The topological polar surface area (TPSA) is 43.1 Å². The Morgan fingerprint density at radius 1 is 1.38 bits per heavy atom. The molecule has 0 saturated heterocycles. The minimum Gasteiger partial charge on any atom is -0.258 e. The van der Waals surface area contributed by atoms with Gasteiger partial charge in [0.15, 0.2) is 0 Å². The van der Waals surface area contributed by atoms with Crippen LogP contribution in [0.5, 0.6) is 0 Å². The molecule has 13 heavy (non-hydrogen) atoms. The van der Waals surface area contributed by atoms with E-state index in [0.29, 0.717) is 5.56 Å². The number of hydrogen-bond donors (Lipinski definition) is 0. The van der Waals surface area contributed by atoms with Gasteiger partial charge in [-0.2, -0.15) is 0 Å². The van der Waals surface area contributed by atoms with Crippen LogP contribution in [-0.4, -0.2) is 4.92 Å². The van der Waals surface area contributed by atoms with E-state index in [1.807, 2.05) is 0 Å². The number of hydrogen-bond acceptors (Lipinski definition) is 2. The molecule has 0 atom stereocenters. The van der Waals surface area contributed by atoms with Crippen LogP contribution in [0.25, 0.3) is 6.08 Å². The van der Waals surface area contributed by atoms with Crippen molar-refractivity contribution in [1.82, 2.24) is 0 Å². The molecule has 0 aliphatic rings. The fraction of sp³-hybridized carbons (Fsp3) is 0. The lowest BCUT2D eigenvalue weighted by Crippen LogP contribution is -1.90. The van der Waals surface area contributed by atoms with Crippen molar-refractivity contribution < 1.29 is 4.92 Å². The van der Waals surface area contributed by atoms with Crippen molar-refractivity contribution in [2.45, 2.75) is 0 Å². The maximum Gasteiger partial charge on any atom is 0.276 e. The summed E-state index contributed by atoms with van der Waals surface area (Å²) in [5, 5.41) is 10.5. The standard InChI is InChI=1S/C8H5Cl2NO2/c9-8(10)5-6-3-1-2-4-7(6)11(12)13/h1-5H. The predicted octanol–water partition coefficient (Wildman–Crippen LogP) is 3.37. The first kappa shape index (κ1) is 10.0. The molecule has 0 amide bonds. The van der Waals surface area contributed by atoms with E-state index in [0.717, 1.165) is 0 Å². The summed E-state index contributed by atoms with van der Waals surface area (Å²) in [7, 11) is 0. The van der Waals surface area contributed by atoms with Crippen molar-refractivity contribution >= 4 is 35.0 Å². The van der Waals surface area contributed by atoms with E-state index in [4.69, 9.17) is 23.2 Å². The highest BCUT2D eigenvalue weighted by Gasteiger charge is 2.09. The molecule has 0 fully saturated rings. The van der Waals surface area contributed by atoms with Gasteiger partial charge in [-0.3, -0.25) is 10.1 Å². The molecule has 0 aliphatic carbocycles. The van der Waals surface area contributed by atoms with E-state index in [2.05, 4.69) is 0 Å². The van der Waals surface area contributed by atoms with Gasteiger partial charge in [-0.15, -0.1) is 0 Å². The fourth-order valence-corrected chi connectivity index (χ4v) is 1.13. The summed E-state index contributed by atoms with van der Waals surface area (Å²) < 4.78 is -0.00528. The lowest BCUT2D eigenvalue weighted by atomic mass is 10.2. The largest absolute Gasteiger partial charge is 0.276 e. The van der Waals surface area contributed by atoms with Crippen LogP contribution in [0.2, 0.25) is 0 Å². The Hall–Kier alpha value is -1.06. The summed E-state index contributed by atoms with van der Waals surface area (Å²) in [5.74, 6) is 0. The second-order valence-corrected chi connectivity index (χ2v) is 3.26. The van der Waals surface area contributed by atoms with E-state index in [-0.39, 0.29) is 10.2 Å². The Morgan fingerprint density at radius 3 is 2.54 bits per heavy atom. The van der Waals surface area contributed by atoms with Gasteiger partial charge in [-0.05, 0) is 12.1 Å².